The van der Waals surface area contributed by atoms with Crippen LogP contribution < -0.4 is 9.62 Å². The first-order valence-electron chi connectivity index (χ1n) is 8.56. The van der Waals surface area contributed by atoms with Gasteiger partial charge in [-0.2, -0.15) is 0 Å². The number of carbonyl (C=O) groups excluding carboxylic acids is 1. The Morgan fingerprint density at radius 2 is 1.67 bits per heavy atom. The predicted molar refractivity (Wildman–Crippen MR) is 105 cm³/mol. The summed E-state index contributed by atoms with van der Waals surface area (Å²) in [6, 6.07) is 20.2. The van der Waals surface area contributed by atoms with Gasteiger partial charge in [-0.05, 0) is 66.6 Å². The molecule has 1 unspecified atom stereocenters. The molecule has 1 atom stereocenters. The van der Waals surface area contributed by atoms with Crippen molar-refractivity contribution in [1.29, 1.82) is 0 Å². The molecule has 0 aliphatic carbocycles. The Morgan fingerprint density at radius 1 is 0.963 bits per heavy atom. The predicted octanol–water partition coefficient (Wildman–Crippen LogP) is 4.16. The molecule has 0 saturated heterocycles. The van der Waals surface area contributed by atoms with Crippen LogP contribution in [0.4, 0.5) is 15.8 Å². The largest absolute Gasteiger partial charge is 0.322 e. The van der Waals surface area contributed by atoms with E-state index in [9.17, 15) is 13.4 Å². The molecule has 136 valence electrons. The van der Waals surface area contributed by atoms with E-state index < -0.39 is 11.0 Å². The van der Waals surface area contributed by atoms with E-state index in [0.717, 1.165) is 12.1 Å². The molecule has 4 rings (SSSR count). The van der Waals surface area contributed by atoms with E-state index in [1.54, 1.807) is 24.3 Å². The van der Waals surface area contributed by atoms with Crippen LogP contribution in [0.2, 0.25) is 0 Å². The van der Waals surface area contributed by atoms with E-state index in [1.165, 1.54) is 29.8 Å². The summed E-state index contributed by atoms with van der Waals surface area (Å²) in [5.74, 6) is -0.659. The van der Waals surface area contributed by atoms with E-state index in [1.807, 2.05) is 22.5 Å². The highest BCUT2D eigenvalue weighted by atomic mass is 32.2. The zero-order valence-electron chi connectivity index (χ0n) is 14.4. The number of carbonyl (C=O) groups is 1. The van der Waals surface area contributed by atoms with Crippen LogP contribution in [0.1, 0.15) is 15.9 Å². The van der Waals surface area contributed by atoms with Crippen molar-refractivity contribution in [2.45, 2.75) is 11.3 Å². The Morgan fingerprint density at radius 3 is 2.41 bits per heavy atom. The molecule has 3 aromatic carbocycles. The monoisotopic (exact) mass is 380 g/mol. The zero-order chi connectivity index (χ0) is 18.8. The summed E-state index contributed by atoms with van der Waals surface area (Å²) < 4.78 is 27.7. The van der Waals surface area contributed by atoms with Gasteiger partial charge in [0.25, 0.3) is 5.91 Å². The third-order valence-corrected chi connectivity index (χ3v) is 5.92. The molecule has 4 nitrogen and oxygen atoms in total. The first-order valence-corrected chi connectivity index (χ1v) is 9.67. The van der Waals surface area contributed by atoms with Crippen LogP contribution in [0.5, 0.6) is 0 Å². The first-order chi connectivity index (χ1) is 13.1. The van der Waals surface area contributed by atoms with Crippen LogP contribution in [-0.4, -0.2) is 16.7 Å². The van der Waals surface area contributed by atoms with Crippen molar-refractivity contribution in [1.82, 2.24) is 0 Å². The maximum Gasteiger partial charge on any atom is 0.255 e. The van der Waals surface area contributed by atoms with Gasteiger partial charge in [0, 0.05) is 17.8 Å². The maximum atomic E-state index is 12.9. The van der Waals surface area contributed by atoms with E-state index in [-0.39, 0.29) is 11.7 Å². The van der Waals surface area contributed by atoms with Crippen LogP contribution in [0.25, 0.3) is 0 Å². The molecule has 1 aliphatic rings. The number of fused-ring (bicyclic) bond motifs is 1. The summed E-state index contributed by atoms with van der Waals surface area (Å²) in [5, 5.41) is 2.71. The fourth-order valence-corrected chi connectivity index (χ4v) is 4.30. The Labute approximate surface area is 159 Å². The fourth-order valence-electron chi connectivity index (χ4n) is 3.07. The third kappa shape index (κ3) is 3.61. The van der Waals surface area contributed by atoms with Crippen molar-refractivity contribution >= 4 is 28.3 Å². The molecule has 0 saturated carbocycles. The lowest BCUT2D eigenvalue weighted by Gasteiger charge is -2.18. The number of benzene rings is 3. The molecule has 27 heavy (non-hydrogen) atoms. The van der Waals surface area contributed by atoms with Gasteiger partial charge in [0.05, 0.1) is 10.6 Å². The van der Waals surface area contributed by atoms with Gasteiger partial charge < -0.3 is 5.32 Å². The molecule has 0 radical (unpaired) electrons. The third-order valence-electron chi connectivity index (χ3n) is 4.46. The number of nitrogens with one attached hydrogen (secondary N) is 1. The van der Waals surface area contributed by atoms with Crippen LogP contribution in [0.15, 0.2) is 77.7 Å². The highest BCUT2D eigenvalue weighted by Gasteiger charge is 2.24. The number of amides is 1. The average Bonchev–Trinajstić information content (AvgIpc) is 3.13. The smallest absolute Gasteiger partial charge is 0.255 e. The number of rotatable bonds is 4. The Bertz CT molecular complexity index is 1000. The minimum atomic E-state index is -1.32. The number of anilines is 2. The van der Waals surface area contributed by atoms with Crippen LogP contribution in [0.3, 0.4) is 0 Å². The van der Waals surface area contributed by atoms with Crippen molar-refractivity contribution in [3.05, 3.63) is 89.7 Å². The molecule has 0 fully saturated rings. The van der Waals surface area contributed by atoms with Gasteiger partial charge in [-0.3, -0.25) is 9.10 Å². The highest BCUT2D eigenvalue weighted by Crippen LogP contribution is 2.30. The molecule has 6 heteroatoms. The average molecular weight is 380 g/mol. The summed E-state index contributed by atoms with van der Waals surface area (Å²) >= 11 is 0. The van der Waals surface area contributed by atoms with Crippen molar-refractivity contribution < 1.29 is 13.4 Å². The summed E-state index contributed by atoms with van der Waals surface area (Å²) in [7, 11) is -1.32. The van der Waals surface area contributed by atoms with E-state index in [2.05, 4.69) is 11.4 Å². The molecular formula is C21H17FN2O2S. The number of hydrogen-bond acceptors (Lipinski definition) is 2. The van der Waals surface area contributed by atoms with Gasteiger partial charge in [-0.15, -0.1) is 0 Å². The quantitative estimate of drug-likeness (QED) is 0.739. The maximum absolute atomic E-state index is 12.9. The van der Waals surface area contributed by atoms with Crippen LogP contribution >= 0.6 is 0 Å². The van der Waals surface area contributed by atoms with Crippen molar-refractivity contribution in [2.24, 2.45) is 0 Å². The molecular weight excluding hydrogens is 363 g/mol. The van der Waals surface area contributed by atoms with Gasteiger partial charge in [-0.1, -0.05) is 18.2 Å². The fraction of sp³-hybridized carbons (Fsp3) is 0.0952. The lowest BCUT2D eigenvalue weighted by atomic mass is 10.2. The summed E-state index contributed by atoms with van der Waals surface area (Å²) in [6.07, 6.45) is 0.875. The number of para-hydroxylation sites is 1. The molecule has 1 amide bonds. The van der Waals surface area contributed by atoms with Crippen LogP contribution in [-0.2, 0) is 17.4 Å². The van der Waals surface area contributed by atoms with Crippen molar-refractivity contribution in [2.75, 3.05) is 16.2 Å². The molecule has 0 bridgehead atoms. The zero-order valence-corrected chi connectivity index (χ0v) is 15.2. The Hall–Kier alpha value is -2.99. The Kier molecular flexibility index (Phi) is 4.73. The molecule has 1 aliphatic heterocycles. The first kappa shape index (κ1) is 17.4. The molecule has 1 heterocycles. The van der Waals surface area contributed by atoms with E-state index in [0.29, 0.717) is 22.7 Å². The van der Waals surface area contributed by atoms with Crippen molar-refractivity contribution in [3.63, 3.8) is 0 Å². The number of halogens is 1. The lowest BCUT2D eigenvalue weighted by molar-refractivity contribution is 0.102. The molecule has 0 aromatic heterocycles. The lowest BCUT2D eigenvalue weighted by Crippen LogP contribution is -2.23. The SMILES string of the molecule is O=C(Nc1ccc(F)cc1)c1ccc(S(=O)N2CCc3ccccc32)cc1. The Balaban J connectivity index is 1.48. The summed E-state index contributed by atoms with van der Waals surface area (Å²) in [5.41, 5.74) is 3.15. The van der Waals surface area contributed by atoms with Crippen molar-refractivity contribution in [3.8, 4) is 0 Å². The number of nitrogens with zero attached hydrogens (tertiary/aromatic N) is 1. The minimum absolute atomic E-state index is 0.301. The second-order valence-electron chi connectivity index (χ2n) is 6.22. The second-order valence-corrected chi connectivity index (χ2v) is 7.63. The van der Waals surface area contributed by atoms with Gasteiger partial charge in [-0.25, -0.2) is 8.60 Å². The minimum Gasteiger partial charge on any atom is -0.322 e. The second kappa shape index (κ2) is 7.32. The summed E-state index contributed by atoms with van der Waals surface area (Å²) in [4.78, 5) is 13.0. The van der Waals surface area contributed by atoms with Gasteiger partial charge >= 0.3 is 0 Å². The standard InChI is InChI=1S/C21H17FN2O2S/c22-17-7-9-18(10-8-17)23-21(25)16-5-11-19(12-6-16)27(26)24-14-13-15-3-1-2-4-20(15)24/h1-12H,13-14H2,(H,23,25). The van der Waals surface area contributed by atoms with Gasteiger partial charge in [0.1, 0.15) is 5.82 Å². The van der Waals surface area contributed by atoms with E-state index in [4.69, 9.17) is 0 Å². The molecule has 3 aromatic rings. The molecule has 1 N–H and O–H groups in total. The number of hydrogen-bond donors (Lipinski definition) is 1. The summed E-state index contributed by atoms with van der Waals surface area (Å²) in [6.45, 7) is 0.707. The van der Waals surface area contributed by atoms with Gasteiger partial charge in [0.15, 0.2) is 11.0 Å². The topological polar surface area (TPSA) is 49.4 Å². The van der Waals surface area contributed by atoms with E-state index >= 15 is 0 Å². The normalized spacial score (nSPS) is 13.9. The highest BCUT2D eigenvalue weighted by molar-refractivity contribution is 7.86. The molecule has 0 spiro atoms. The van der Waals surface area contributed by atoms with Gasteiger partial charge in [0.2, 0.25) is 0 Å². The van der Waals surface area contributed by atoms with Crippen LogP contribution in [0, 0.1) is 5.82 Å².